The lowest BCUT2D eigenvalue weighted by Crippen LogP contribution is -2.64. The molecule has 0 bridgehead atoms. The van der Waals surface area contributed by atoms with E-state index in [0.717, 1.165) is 17.8 Å². The summed E-state index contributed by atoms with van der Waals surface area (Å²) in [7, 11) is 1.96. The van der Waals surface area contributed by atoms with Crippen molar-refractivity contribution in [3.63, 3.8) is 0 Å². The van der Waals surface area contributed by atoms with Crippen molar-refractivity contribution in [1.82, 2.24) is 24.8 Å². The zero-order chi connectivity index (χ0) is 19.0. The summed E-state index contributed by atoms with van der Waals surface area (Å²) in [6.07, 6.45) is 7.33. The van der Waals surface area contributed by atoms with E-state index in [4.69, 9.17) is 0 Å². The smallest absolute Gasteiger partial charge is 0.274 e. The second kappa shape index (κ2) is 6.70. The first kappa shape index (κ1) is 17.5. The number of pyridine rings is 1. The summed E-state index contributed by atoms with van der Waals surface area (Å²) < 4.78 is 0. The van der Waals surface area contributed by atoms with E-state index in [0.29, 0.717) is 31.9 Å². The number of piperazine rings is 1. The quantitative estimate of drug-likeness (QED) is 0.780. The van der Waals surface area contributed by atoms with Crippen LogP contribution in [0.15, 0.2) is 36.9 Å². The van der Waals surface area contributed by atoms with Crippen LogP contribution in [0.5, 0.6) is 0 Å². The van der Waals surface area contributed by atoms with Crippen LogP contribution < -0.4 is 4.90 Å². The molecule has 0 radical (unpaired) electrons. The van der Waals surface area contributed by atoms with Gasteiger partial charge in [-0.25, -0.2) is 4.98 Å². The van der Waals surface area contributed by atoms with E-state index in [2.05, 4.69) is 19.9 Å². The van der Waals surface area contributed by atoms with Gasteiger partial charge in [-0.05, 0) is 32.5 Å². The van der Waals surface area contributed by atoms with Gasteiger partial charge in [-0.15, -0.1) is 0 Å². The third-order valence-electron chi connectivity index (χ3n) is 5.51. The van der Waals surface area contributed by atoms with E-state index in [9.17, 15) is 9.59 Å². The Morgan fingerprint density at radius 1 is 1.19 bits per heavy atom. The minimum Gasteiger partial charge on any atom is -0.335 e. The van der Waals surface area contributed by atoms with E-state index >= 15 is 0 Å². The molecule has 0 unspecified atom stereocenters. The molecule has 2 fully saturated rings. The molecule has 1 spiro atoms. The summed E-state index contributed by atoms with van der Waals surface area (Å²) in [6.45, 7) is 3.89. The Labute approximate surface area is 157 Å². The molecule has 2 aliphatic heterocycles. The van der Waals surface area contributed by atoms with E-state index in [1.165, 1.54) is 6.20 Å². The lowest BCUT2D eigenvalue weighted by atomic mass is 9.92. The zero-order valence-corrected chi connectivity index (χ0v) is 15.5. The fourth-order valence-electron chi connectivity index (χ4n) is 3.84. The van der Waals surface area contributed by atoms with Crippen molar-refractivity contribution < 1.29 is 9.59 Å². The number of amides is 2. The number of carbonyl (C=O) groups excluding carboxylic acids is 2. The number of likely N-dealkylation sites (N-methyl/N-ethyl adjacent to an activating group) is 1. The Morgan fingerprint density at radius 2 is 2.04 bits per heavy atom. The van der Waals surface area contributed by atoms with Gasteiger partial charge in [0.05, 0.1) is 35.9 Å². The number of anilines is 1. The van der Waals surface area contributed by atoms with Crippen molar-refractivity contribution in [1.29, 1.82) is 0 Å². The van der Waals surface area contributed by atoms with Crippen molar-refractivity contribution in [3.05, 3.63) is 48.3 Å². The van der Waals surface area contributed by atoms with E-state index in [-0.39, 0.29) is 17.4 Å². The maximum absolute atomic E-state index is 12.8. The maximum Gasteiger partial charge on any atom is 0.274 e. The van der Waals surface area contributed by atoms with Gasteiger partial charge >= 0.3 is 0 Å². The van der Waals surface area contributed by atoms with Crippen LogP contribution in [0.3, 0.4) is 0 Å². The normalized spacial score (nSPS) is 23.3. The molecule has 2 aromatic rings. The predicted octanol–water partition coefficient (Wildman–Crippen LogP) is 0.743. The maximum atomic E-state index is 12.8. The lowest BCUT2D eigenvalue weighted by molar-refractivity contribution is -0.123. The second-order valence-corrected chi connectivity index (χ2v) is 7.29. The highest BCUT2D eigenvalue weighted by atomic mass is 16.2. The summed E-state index contributed by atoms with van der Waals surface area (Å²) in [5.74, 6) is -0.0668. The average molecular weight is 366 g/mol. The van der Waals surface area contributed by atoms with Gasteiger partial charge in [0, 0.05) is 32.0 Å². The third-order valence-corrected chi connectivity index (χ3v) is 5.51. The van der Waals surface area contributed by atoms with Crippen LogP contribution in [-0.4, -0.2) is 75.3 Å². The molecule has 0 aromatic carbocycles. The Kier molecular flexibility index (Phi) is 4.35. The number of likely N-dealkylation sites (tertiary alicyclic amines) is 1. The second-order valence-electron chi connectivity index (χ2n) is 7.29. The number of aromatic nitrogens is 3. The summed E-state index contributed by atoms with van der Waals surface area (Å²) in [6, 6.07) is 3.72. The average Bonchev–Trinajstić information content (AvgIpc) is 3.11. The zero-order valence-electron chi connectivity index (χ0n) is 15.5. The van der Waals surface area contributed by atoms with Crippen molar-refractivity contribution in [2.45, 2.75) is 18.9 Å². The van der Waals surface area contributed by atoms with Gasteiger partial charge in [0.15, 0.2) is 0 Å². The van der Waals surface area contributed by atoms with Crippen LogP contribution in [0.1, 0.15) is 22.6 Å². The van der Waals surface area contributed by atoms with Crippen LogP contribution in [0, 0.1) is 6.92 Å². The van der Waals surface area contributed by atoms with Crippen molar-refractivity contribution in [3.8, 4) is 0 Å². The van der Waals surface area contributed by atoms with Crippen LogP contribution in [0.2, 0.25) is 0 Å². The number of hydrogen-bond donors (Lipinski definition) is 0. The monoisotopic (exact) mass is 366 g/mol. The largest absolute Gasteiger partial charge is 0.335 e. The van der Waals surface area contributed by atoms with Crippen molar-refractivity contribution in [2.24, 2.45) is 0 Å². The highest BCUT2D eigenvalue weighted by molar-refractivity contribution is 5.96. The highest BCUT2D eigenvalue weighted by Gasteiger charge is 2.48. The minimum absolute atomic E-state index is 0.0466. The number of rotatable bonds is 2. The third kappa shape index (κ3) is 3.16. The molecule has 0 aliphatic carbocycles. The van der Waals surface area contributed by atoms with E-state index < -0.39 is 0 Å². The first-order chi connectivity index (χ1) is 13.0. The fourth-order valence-corrected chi connectivity index (χ4v) is 3.84. The Bertz CT molecular complexity index is 856. The molecular weight excluding hydrogens is 344 g/mol. The molecule has 2 aliphatic rings. The van der Waals surface area contributed by atoms with Crippen LogP contribution >= 0.6 is 0 Å². The predicted molar refractivity (Wildman–Crippen MR) is 99.2 cm³/mol. The molecule has 1 atom stereocenters. The highest BCUT2D eigenvalue weighted by Crippen LogP contribution is 2.33. The lowest BCUT2D eigenvalue weighted by Gasteiger charge is -2.46. The standard InChI is InChI=1S/C19H22N6O2/c1-14-8-22-16(10-21-14)18(27)24-7-5-19(12-24)13-25(17(26)11-23(19)2)15-4-3-6-20-9-15/h3-4,6,8-10H,5,7,11-13H2,1-2H3/t19-/m1/s1. The van der Waals surface area contributed by atoms with Gasteiger partial charge in [0.1, 0.15) is 5.69 Å². The molecule has 4 rings (SSSR count). The van der Waals surface area contributed by atoms with E-state index in [1.807, 2.05) is 31.0 Å². The molecule has 2 aromatic heterocycles. The van der Waals surface area contributed by atoms with Gasteiger partial charge < -0.3 is 9.80 Å². The van der Waals surface area contributed by atoms with Crippen molar-refractivity contribution in [2.75, 3.05) is 38.1 Å². The molecule has 8 heteroatoms. The Balaban J connectivity index is 1.55. The minimum atomic E-state index is -0.266. The first-order valence-electron chi connectivity index (χ1n) is 8.98. The van der Waals surface area contributed by atoms with Crippen molar-refractivity contribution >= 4 is 17.5 Å². The SMILES string of the molecule is Cc1cnc(C(=O)N2CC[C@@]3(C2)CN(c2cccnc2)C(=O)CN3C)cn1. The van der Waals surface area contributed by atoms with Gasteiger partial charge in [0.25, 0.3) is 5.91 Å². The van der Waals surface area contributed by atoms with Crippen LogP contribution in [0.4, 0.5) is 5.69 Å². The topological polar surface area (TPSA) is 82.5 Å². The molecule has 0 saturated carbocycles. The number of hydrogen-bond acceptors (Lipinski definition) is 6. The fraction of sp³-hybridized carbons (Fsp3) is 0.421. The Hall–Kier alpha value is -2.87. The molecule has 27 heavy (non-hydrogen) atoms. The van der Waals surface area contributed by atoms with Gasteiger partial charge in [-0.2, -0.15) is 0 Å². The van der Waals surface area contributed by atoms with Crippen LogP contribution in [0.25, 0.3) is 0 Å². The molecule has 2 saturated heterocycles. The summed E-state index contributed by atoms with van der Waals surface area (Å²) >= 11 is 0. The molecule has 140 valence electrons. The summed E-state index contributed by atoms with van der Waals surface area (Å²) in [4.78, 5) is 43.6. The van der Waals surface area contributed by atoms with Gasteiger partial charge in [-0.3, -0.25) is 24.5 Å². The van der Waals surface area contributed by atoms with E-state index in [1.54, 1.807) is 23.5 Å². The van der Waals surface area contributed by atoms with Gasteiger partial charge in [0.2, 0.25) is 5.91 Å². The van der Waals surface area contributed by atoms with Gasteiger partial charge in [-0.1, -0.05) is 0 Å². The summed E-state index contributed by atoms with van der Waals surface area (Å²) in [5.41, 5.74) is 1.67. The molecule has 2 amide bonds. The number of aryl methyl sites for hydroxylation is 1. The Morgan fingerprint density at radius 3 is 2.74 bits per heavy atom. The summed E-state index contributed by atoms with van der Waals surface area (Å²) in [5, 5.41) is 0. The number of nitrogens with zero attached hydrogens (tertiary/aromatic N) is 6. The number of carbonyl (C=O) groups is 2. The molecule has 4 heterocycles. The molecule has 0 N–H and O–H groups in total. The molecular formula is C19H22N6O2. The van der Waals surface area contributed by atoms with Crippen LogP contribution in [-0.2, 0) is 4.79 Å². The molecule has 8 nitrogen and oxygen atoms in total. The first-order valence-corrected chi connectivity index (χ1v) is 8.98.